The van der Waals surface area contributed by atoms with Gasteiger partial charge in [0.15, 0.2) is 5.78 Å². The molecule has 3 nitrogen and oxygen atoms in total. The number of hydrogen-bond donors (Lipinski definition) is 1. The molecule has 2 aromatic carbocycles. The van der Waals surface area contributed by atoms with Crippen molar-refractivity contribution in [1.29, 1.82) is 5.26 Å². The lowest BCUT2D eigenvalue weighted by molar-refractivity contribution is 0.104. The molecule has 19 heavy (non-hydrogen) atoms. The molecule has 0 amide bonds. The van der Waals surface area contributed by atoms with Crippen molar-refractivity contribution >= 4 is 11.9 Å². The Kier molecular flexibility index (Phi) is 3.75. The highest BCUT2D eigenvalue weighted by molar-refractivity contribution is 6.08. The quantitative estimate of drug-likeness (QED) is 0.671. The number of benzene rings is 2. The Morgan fingerprint density at radius 1 is 1.11 bits per heavy atom. The lowest BCUT2D eigenvalue weighted by atomic mass is 10.1. The highest BCUT2D eigenvalue weighted by Crippen LogP contribution is 2.17. The molecule has 0 bridgehead atoms. The average molecular weight is 249 g/mol. The molecular formula is C16H11NO2. The van der Waals surface area contributed by atoms with Crippen LogP contribution >= 0.6 is 0 Å². The number of carbonyl (C=O) groups excluding carboxylic acids is 1. The van der Waals surface area contributed by atoms with Crippen molar-refractivity contribution in [2.24, 2.45) is 0 Å². The Bertz CT molecular complexity index is 664. The molecule has 0 aliphatic rings. The summed E-state index contributed by atoms with van der Waals surface area (Å²) in [4.78, 5) is 11.9. The molecule has 0 aliphatic carbocycles. The van der Waals surface area contributed by atoms with Crippen LogP contribution in [0.4, 0.5) is 0 Å². The molecule has 0 fully saturated rings. The molecular weight excluding hydrogens is 238 g/mol. The van der Waals surface area contributed by atoms with Gasteiger partial charge in [-0.1, -0.05) is 30.3 Å². The van der Waals surface area contributed by atoms with Crippen LogP contribution in [0.1, 0.15) is 21.5 Å². The maximum Gasteiger partial charge on any atom is 0.189 e. The predicted molar refractivity (Wildman–Crippen MR) is 72.6 cm³/mol. The molecule has 92 valence electrons. The van der Waals surface area contributed by atoms with E-state index in [1.165, 1.54) is 12.1 Å². The fourth-order valence-corrected chi connectivity index (χ4v) is 1.61. The summed E-state index contributed by atoms with van der Waals surface area (Å²) in [5.74, 6) is -0.292. The van der Waals surface area contributed by atoms with E-state index in [0.29, 0.717) is 5.56 Å². The monoisotopic (exact) mass is 249 g/mol. The van der Waals surface area contributed by atoms with Gasteiger partial charge in [-0.2, -0.15) is 5.26 Å². The smallest absolute Gasteiger partial charge is 0.189 e. The van der Waals surface area contributed by atoms with Gasteiger partial charge in [0, 0.05) is 0 Å². The molecule has 0 spiro atoms. The van der Waals surface area contributed by atoms with Gasteiger partial charge in [-0.15, -0.1) is 0 Å². The van der Waals surface area contributed by atoms with Gasteiger partial charge in [0.1, 0.15) is 5.75 Å². The van der Waals surface area contributed by atoms with E-state index in [2.05, 4.69) is 0 Å². The van der Waals surface area contributed by atoms with Gasteiger partial charge in [0.2, 0.25) is 0 Å². The van der Waals surface area contributed by atoms with Crippen LogP contribution in [0.5, 0.6) is 5.75 Å². The summed E-state index contributed by atoms with van der Waals surface area (Å²) in [5, 5.41) is 18.2. The largest absolute Gasteiger partial charge is 0.507 e. The summed E-state index contributed by atoms with van der Waals surface area (Å²) in [6.07, 6.45) is 3.05. The SMILES string of the molecule is N#Cc1ccc(/C=C\C(=O)c2ccccc2O)cc1. The number of para-hydroxylation sites is 1. The number of nitrogens with zero attached hydrogens (tertiary/aromatic N) is 1. The topological polar surface area (TPSA) is 61.1 Å². The van der Waals surface area contributed by atoms with Gasteiger partial charge in [0.25, 0.3) is 0 Å². The summed E-state index contributed by atoms with van der Waals surface area (Å²) >= 11 is 0. The van der Waals surface area contributed by atoms with Crippen LogP contribution in [-0.4, -0.2) is 10.9 Å². The summed E-state index contributed by atoms with van der Waals surface area (Å²) in [6.45, 7) is 0. The van der Waals surface area contributed by atoms with E-state index in [9.17, 15) is 9.90 Å². The number of nitriles is 1. The Morgan fingerprint density at radius 3 is 2.42 bits per heavy atom. The van der Waals surface area contributed by atoms with Crippen molar-refractivity contribution in [2.75, 3.05) is 0 Å². The molecule has 3 heteroatoms. The Morgan fingerprint density at radius 2 is 1.79 bits per heavy atom. The maximum atomic E-state index is 11.9. The zero-order valence-corrected chi connectivity index (χ0v) is 10.1. The Hall–Kier alpha value is -2.86. The molecule has 0 radical (unpaired) electrons. The van der Waals surface area contributed by atoms with Crippen LogP contribution in [0, 0.1) is 11.3 Å². The van der Waals surface area contributed by atoms with Crippen molar-refractivity contribution in [3.63, 3.8) is 0 Å². The highest BCUT2D eigenvalue weighted by Gasteiger charge is 2.06. The third-order valence-corrected chi connectivity index (χ3v) is 2.64. The zero-order valence-electron chi connectivity index (χ0n) is 10.1. The minimum absolute atomic E-state index is 0.0306. The minimum Gasteiger partial charge on any atom is -0.507 e. The van der Waals surface area contributed by atoms with Crippen molar-refractivity contribution in [3.8, 4) is 11.8 Å². The number of rotatable bonds is 3. The van der Waals surface area contributed by atoms with Gasteiger partial charge in [-0.05, 0) is 35.9 Å². The Labute approximate surface area is 111 Å². The van der Waals surface area contributed by atoms with Gasteiger partial charge in [0.05, 0.1) is 17.2 Å². The second-order valence-electron chi connectivity index (χ2n) is 3.95. The molecule has 2 aromatic rings. The minimum atomic E-state index is -0.262. The van der Waals surface area contributed by atoms with E-state index in [1.807, 2.05) is 6.07 Å². The van der Waals surface area contributed by atoms with Crippen LogP contribution in [0.2, 0.25) is 0 Å². The highest BCUT2D eigenvalue weighted by atomic mass is 16.3. The zero-order chi connectivity index (χ0) is 13.7. The van der Waals surface area contributed by atoms with Crippen LogP contribution < -0.4 is 0 Å². The first-order chi connectivity index (χ1) is 9.20. The number of carbonyl (C=O) groups is 1. The van der Waals surface area contributed by atoms with Crippen LogP contribution in [0.25, 0.3) is 6.08 Å². The number of ketones is 1. The number of hydrogen-bond acceptors (Lipinski definition) is 3. The predicted octanol–water partition coefficient (Wildman–Crippen LogP) is 3.16. The lowest BCUT2D eigenvalue weighted by Crippen LogP contribution is -1.94. The van der Waals surface area contributed by atoms with Crippen LogP contribution in [-0.2, 0) is 0 Å². The average Bonchev–Trinajstić information content (AvgIpc) is 2.46. The number of allylic oxidation sites excluding steroid dienone is 1. The normalized spacial score (nSPS) is 10.3. The van der Waals surface area contributed by atoms with E-state index in [0.717, 1.165) is 5.56 Å². The molecule has 0 unspecified atom stereocenters. The van der Waals surface area contributed by atoms with E-state index in [-0.39, 0.29) is 17.1 Å². The van der Waals surface area contributed by atoms with E-state index in [1.54, 1.807) is 48.5 Å². The molecule has 2 rings (SSSR count). The fourth-order valence-electron chi connectivity index (χ4n) is 1.61. The Balaban J connectivity index is 2.16. The van der Waals surface area contributed by atoms with Crippen LogP contribution in [0.15, 0.2) is 54.6 Å². The second kappa shape index (κ2) is 5.65. The maximum absolute atomic E-state index is 11.9. The van der Waals surface area contributed by atoms with Crippen LogP contribution in [0.3, 0.4) is 0 Å². The van der Waals surface area contributed by atoms with E-state index < -0.39 is 0 Å². The van der Waals surface area contributed by atoms with Crippen molar-refractivity contribution < 1.29 is 9.90 Å². The molecule has 0 saturated heterocycles. The van der Waals surface area contributed by atoms with E-state index in [4.69, 9.17) is 5.26 Å². The fraction of sp³-hybridized carbons (Fsp3) is 0. The first-order valence-electron chi connectivity index (χ1n) is 5.71. The number of phenols is 1. The second-order valence-corrected chi connectivity index (χ2v) is 3.95. The first-order valence-corrected chi connectivity index (χ1v) is 5.71. The summed E-state index contributed by atoms with van der Waals surface area (Å²) in [5.41, 5.74) is 1.67. The van der Waals surface area contributed by atoms with Gasteiger partial charge >= 0.3 is 0 Å². The number of phenolic OH excluding ortho intramolecular Hbond substituents is 1. The van der Waals surface area contributed by atoms with Crippen molar-refractivity contribution in [1.82, 2.24) is 0 Å². The first kappa shape index (κ1) is 12.6. The molecule has 0 saturated carbocycles. The third-order valence-electron chi connectivity index (χ3n) is 2.64. The van der Waals surface area contributed by atoms with Gasteiger partial charge in [-0.25, -0.2) is 0 Å². The summed E-state index contributed by atoms with van der Waals surface area (Å²) < 4.78 is 0. The van der Waals surface area contributed by atoms with E-state index >= 15 is 0 Å². The number of aromatic hydroxyl groups is 1. The van der Waals surface area contributed by atoms with Crippen molar-refractivity contribution in [3.05, 3.63) is 71.3 Å². The molecule has 0 atom stereocenters. The summed E-state index contributed by atoms with van der Waals surface area (Å²) in [6, 6.07) is 15.3. The lowest BCUT2D eigenvalue weighted by Gasteiger charge is -1.99. The molecule has 0 aliphatic heterocycles. The third kappa shape index (κ3) is 3.08. The standard InChI is InChI=1S/C16H11NO2/c17-11-13-7-5-12(6-8-13)9-10-16(19)14-3-1-2-4-15(14)18/h1-10,18H/b10-9-. The van der Waals surface area contributed by atoms with Gasteiger partial charge in [-0.3, -0.25) is 4.79 Å². The molecule has 0 heterocycles. The summed E-state index contributed by atoms with van der Waals surface area (Å²) in [7, 11) is 0. The molecule has 0 aromatic heterocycles. The molecule has 1 N–H and O–H groups in total. The van der Waals surface area contributed by atoms with Gasteiger partial charge < -0.3 is 5.11 Å². The van der Waals surface area contributed by atoms with Crippen molar-refractivity contribution in [2.45, 2.75) is 0 Å².